The van der Waals surface area contributed by atoms with Crippen molar-refractivity contribution in [1.29, 1.82) is 0 Å². The molecule has 0 radical (unpaired) electrons. The Morgan fingerprint density at radius 2 is 2.36 bits per heavy atom. The normalized spacial score (nSPS) is 10.4. The predicted octanol–water partition coefficient (Wildman–Crippen LogP) is 1.38. The van der Waals surface area contributed by atoms with E-state index in [1.807, 2.05) is 0 Å². The summed E-state index contributed by atoms with van der Waals surface area (Å²) in [5.74, 6) is -0.245. The smallest absolute Gasteiger partial charge is 0.123 e. The third kappa shape index (κ3) is 2.37. The third-order valence-electron chi connectivity index (χ3n) is 1.19. The number of nitrogens with one attached hydrogen (secondary N) is 1. The molecule has 0 aliphatic carbocycles. The lowest BCUT2D eigenvalue weighted by Gasteiger charge is -1.91. The second-order valence-corrected chi connectivity index (χ2v) is 2.04. The molecule has 11 heavy (non-hydrogen) atoms. The molecule has 0 aromatic heterocycles. The second kappa shape index (κ2) is 3.71. The molecule has 1 aromatic rings. The van der Waals surface area contributed by atoms with Gasteiger partial charge in [0, 0.05) is 7.05 Å². The number of benzene rings is 1. The number of rotatable bonds is 2. The van der Waals surface area contributed by atoms with Crippen LogP contribution in [0.25, 0.3) is 0 Å². The fourth-order valence-corrected chi connectivity index (χ4v) is 0.726. The minimum Gasteiger partial charge on any atom is -0.313 e. The van der Waals surface area contributed by atoms with Gasteiger partial charge in [0.25, 0.3) is 0 Å². The Balaban J connectivity index is 2.79. The van der Waals surface area contributed by atoms with Crippen molar-refractivity contribution in [2.24, 2.45) is 5.10 Å². The quantitative estimate of drug-likeness (QED) is 0.502. The Kier molecular flexibility index (Phi) is 2.60. The van der Waals surface area contributed by atoms with Crippen molar-refractivity contribution >= 4 is 6.21 Å². The maximum Gasteiger partial charge on any atom is 0.123 e. The number of hydrogen-bond acceptors (Lipinski definition) is 2. The molecule has 0 aliphatic heterocycles. The zero-order valence-corrected chi connectivity index (χ0v) is 6.21. The first-order chi connectivity index (χ1) is 5.33. The molecule has 0 saturated carbocycles. The van der Waals surface area contributed by atoms with Gasteiger partial charge in [-0.1, -0.05) is 12.1 Å². The maximum atomic E-state index is 12.5. The van der Waals surface area contributed by atoms with Crippen molar-refractivity contribution < 1.29 is 4.39 Å². The molecular weight excluding hydrogens is 143 g/mol. The molecule has 0 bridgehead atoms. The van der Waals surface area contributed by atoms with Gasteiger partial charge >= 0.3 is 0 Å². The van der Waals surface area contributed by atoms with Crippen LogP contribution in [-0.2, 0) is 0 Å². The van der Waals surface area contributed by atoms with Gasteiger partial charge < -0.3 is 5.43 Å². The fraction of sp³-hybridized carbons (Fsp3) is 0.125. The van der Waals surface area contributed by atoms with Crippen LogP contribution in [0.15, 0.2) is 29.4 Å². The summed E-state index contributed by atoms with van der Waals surface area (Å²) in [6.45, 7) is 0. The highest BCUT2D eigenvalue weighted by Crippen LogP contribution is 1.99. The number of nitrogens with zero attached hydrogens (tertiary/aromatic N) is 1. The molecule has 1 rings (SSSR count). The van der Waals surface area contributed by atoms with Crippen LogP contribution >= 0.6 is 0 Å². The number of hydrazone groups is 1. The van der Waals surface area contributed by atoms with E-state index < -0.39 is 0 Å². The average Bonchev–Trinajstić information content (AvgIpc) is 2.01. The summed E-state index contributed by atoms with van der Waals surface area (Å²) in [5, 5.41) is 3.74. The SMILES string of the molecule is CN/N=C\c1cccc(F)c1. The molecule has 3 heteroatoms. The lowest BCUT2D eigenvalue weighted by molar-refractivity contribution is 0.627. The third-order valence-corrected chi connectivity index (χ3v) is 1.19. The zero-order chi connectivity index (χ0) is 8.10. The first-order valence-corrected chi connectivity index (χ1v) is 3.28. The van der Waals surface area contributed by atoms with E-state index in [0.29, 0.717) is 0 Å². The molecule has 0 aliphatic rings. The Labute approximate surface area is 64.7 Å². The lowest BCUT2D eigenvalue weighted by atomic mass is 10.2. The van der Waals surface area contributed by atoms with Crippen molar-refractivity contribution in [1.82, 2.24) is 5.43 Å². The Hall–Kier alpha value is -1.38. The van der Waals surface area contributed by atoms with Gasteiger partial charge in [-0.2, -0.15) is 5.10 Å². The fourth-order valence-electron chi connectivity index (χ4n) is 0.726. The largest absolute Gasteiger partial charge is 0.313 e. The van der Waals surface area contributed by atoms with Crippen molar-refractivity contribution in [3.05, 3.63) is 35.6 Å². The van der Waals surface area contributed by atoms with Crippen molar-refractivity contribution in [2.75, 3.05) is 7.05 Å². The molecule has 0 unspecified atom stereocenters. The molecule has 1 N–H and O–H groups in total. The van der Waals surface area contributed by atoms with Crippen molar-refractivity contribution in [2.45, 2.75) is 0 Å². The summed E-state index contributed by atoms with van der Waals surface area (Å²) >= 11 is 0. The zero-order valence-electron chi connectivity index (χ0n) is 6.21. The van der Waals surface area contributed by atoms with Crippen LogP contribution in [0.2, 0.25) is 0 Å². The molecule has 0 saturated heterocycles. The monoisotopic (exact) mass is 152 g/mol. The summed E-state index contributed by atoms with van der Waals surface area (Å²) in [5.41, 5.74) is 3.33. The van der Waals surface area contributed by atoms with Crippen LogP contribution < -0.4 is 5.43 Å². The van der Waals surface area contributed by atoms with E-state index in [2.05, 4.69) is 10.5 Å². The average molecular weight is 152 g/mol. The summed E-state index contributed by atoms with van der Waals surface area (Å²) in [6.07, 6.45) is 1.56. The van der Waals surface area contributed by atoms with E-state index in [9.17, 15) is 4.39 Å². The molecule has 0 atom stereocenters. The van der Waals surface area contributed by atoms with Gasteiger partial charge in [0.1, 0.15) is 5.82 Å². The molecule has 2 nitrogen and oxygen atoms in total. The van der Waals surface area contributed by atoms with Gasteiger partial charge in [0.2, 0.25) is 0 Å². The summed E-state index contributed by atoms with van der Waals surface area (Å²) < 4.78 is 12.5. The minimum atomic E-state index is -0.245. The van der Waals surface area contributed by atoms with Gasteiger partial charge in [-0.3, -0.25) is 0 Å². The van der Waals surface area contributed by atoms with Gasteiger partial charge in [-0.05, 0) is 17.7 Å². The molecule has 0 amide bonds. The van der Waals surface area contributed by atoms with Gasteiger partial charge in [-0.25, -0.2) is 4.39 Å². The highest BCUT2D eigenvalue weighted by Gasteiger charge is 1.89. The number of halogens is 1. The molecule has 58 valence electrons. The first-order valence-electron chi connectivity index (χ1n) is 3.28. The Morgan fingerprint density at radius 1 is 1.55 bits per heavy atom. The molecule has 0 heterocycles. The van der Waals surface area contributed by atoms with Gasteiger partial charge in [0.05, 0.1) is 6.21 Å². The van der Waals surface area contributed by atoms with E-state index in [4.69, 9.17) is 0 Å². The van der Waals surface area contributed by atoms with E-state index in [1.54, 1.807) is 25.4 Å². The summed E-state index contributed by atoms with van der Waals surface area (Å²) in [4.78, 5) is 0. The molecular formula is C8H9FN2. The van der Waals surface area contributed by atoms with Gasteiger partial charge in [0.15, 0.2) is 0 Å². The molecule has 0 fully saturated rings. The van der Waals surface area contributed by atoms with E-state index in [1.165, 1.54) is 12.1 Å². The highest BCUT2D eigenvalue weighted by atomic mass is 19.1. The molecule has 1 aromatic carbocycles. The van der Waals surface area contributed by atoms with Crippen molar-refractivity contribution in [3.63, 3.8) is 0 Å². The highest BCUT2D eigenvalue weighted by molar-refractivity contribution is 5.79. The van der Waals surface area contributed by atoms with E-state index >= 15 is 0 Å². The Morgan fingerprint density at radius 3 is 3.00 bits per heavy atom. The predicted molar refractivity (Wildman–Crippen MR) is 43.1 cm³/mol. The first kappa shape index (κ1) is 7.72. The van der Waals surface area contributed by atoms with Crippen LogP contribution in [0.3, 0.4) is 0 Å². The molecule has 0 spiro atoms. The maximum absolute atomic E-state index is 12.5. The van der Waals surface area contributed by atoms with Crippen LogP contribution in [0.1, 0.15) is 5.56 Å². The number of hydrogen-bond donors (Lipinski definition) is 1. The van der Waals surface area contributed by atoms with Gasteiger partial charge in [-0.15, -0.1) is 0 Å². The Bertz CT molecular complexity index is 258. The van der Waals surface area contributed by atoms with Crippen molar-refractivity contribution in [3.8, 4) is 0 Å². The summed E-state index contributed by atoms with van der Waals surface area (Å²) in [6, 6.07) is 6.24. The summed E-state index contributed by atoms with van der Waals surface area (Å²) in [7, 11) is 1.69. The van der Waals surface area contributed by atoms with Crippen LogP contribution in [0.4, 0.5) is 4.39 Å². The van der Waals surface area contributed by atoms with Crippen LogP contribution in [-0.4, -0.2) is 13.3 Å². The van der Waals surface area contributed by atoms with Crippen LogP contribution in [0, 0.1) is 5.82 Å². The minimum absolute atomic E-state index is 0.245. The second-order valence-electron chi connectivity index (χ2n) is 2.04. The van der Waals surface area contributed by atoms with Crippen LogP contribution in [0.5, 0.6) is 0 Å². The standard InChI is InChI=1S/C8H9FN2/c1-10-11-6-7-3-2-4-8(9)5-7/h2-6,10H,1H3/b11-6-. The topological polar surface area (TPSA) is 24.4 Å². The lowest BCUT2D eigenvalue weighted by Crippen LogP contribution is -1.94. The van der Waals surface area contributed by atoms with E-state index in [0.717, 1.165) is 5.56 Å². The van der Waals surface area contributed by atoms with E-state index in [-0.39, 0.29) is 5.82 Å².